The molecular weight excluding hydrogens is 362 g/mol. The van der Waals surface area contributed by atoms with Crippen LogP contribution in [-0.2, 0) is 26.1 Å². The molecule has 5 rings (SSSR count). The summed E-state index contributed by atoms with van der Waals surface area (Å²) in [5, 5.41) is 9.17. The van der Waals surface area contributed by atoms with E-state index >= 15 is 0 Å². The summed E-state index contributed by atoms with van der Waals surface area (Å²) in [6.07, 6.45) is 9.70. The zero-order valence-electron chi connectivity index (χ0n) is 16.7. The molecule has 2 aliphatic heterocycles. The minimum atomic E-state index is 0.470. The zero-order valence-corrected chi connectivity index (χ0v) is 16.7. The summed E-state index contributed by atoms with van der Waals surface area (Å²) >= 11 is 0. The van der Waals surface area contributed by atoms with Crippen LogP contribution in [0.15, 0.2) is 49.1 Å². The molecule has 1 unspecified atom stereocenters. The van der Waals surface area contributed by atoms with Crippen LogP contribution in [0, 0.1) is 0 Å². The Hall–Kier alpha value is -2.64. The fourth-order valence-corrected chi connectivity index (χ4v) is 4.54. The van der Waals surface area contributed by atoms with Gasteiger partial charge in [0.1, 0.15) is 11.6 Å². The van der Waals surface area contributed by atoms with Crippen LogP contribution < -0.4 is 0 Å². The smallest absolute Gasteiger partial charge is 0.137 e. The molecule has 1 fully saturated rings. The average Bonchev–Trinajstić information content (AvgIpc) is 3.33. The molecule has 7 heteroatoms. The standard InChI is InChI=1S/C22H27N7/c1-3-18(13-23-7-1)15-27-10-6-21-25-26-22(29(21)12-11-27)20-5-9-28(17-20)16-19-4-2-8-24-14-19/h1-4,7-8,13-14,20H,5-6,9-12,15-17H2. The molecule has 3 aromatic heterocycles. The Balaban J connectivity index is 1.23. The van der Waals surface area contributed by atoms with Crippen LogP contribution in [0.5, 0.6) is 0 Å². The van der Waals surface area contributed by atoms with Gasteiger partial charge in [-0.15, -0.1) is 10.2 Å². The number of likely N-dealkylation sites (tertiary alicyclic amines) is 1. The first kappa shape index (κ1) is 18.4. The predicted molar refractivity (Wildman–Crippen MR) is 110 cm³/mol. The van der Waals surface area contributed by atoms with E-state index in [1.807, 2.05) is 36.9 Å². The molecule has 7 nitrogen and oxygen atoms in total. The topological polar surface area (TPSA) is 63.0 Å². The fourth-order valence-electron chi connectivity index (χ4n) is 4.54. The maximum absolute atomic E-state index is 4.62. The lowest BCUT2D eigenvalue weighted by molar-refractivity contribution is 0.269. The highest BCUT2D eigenvalue weighted by Gasteiger charge is 2.30. The molecule has 0 saturated carbocycles. The molecule has 29 heavy (non-hydrogen) atoms. The number of pyridine rings is 2. The molecule has 1 atom stereocenters. The first-order valence-electron chi connectivity index (χ1n) is 10.5. The van der Waals surface area contributed by atoms with Gasteiger partial charge in [0, 0.05) is 76.4 Å². The summed E-state index contributed by atoms with van der Waals surface area (Å²) in [5.41, 5.74) is 2.55. The number of rotatable bonds is 5. The van der Waals surface area contributed by atoms with E-state index in [-0.39, 0.29) is 0 Å². The lowest BCUT2D eigenvalue weighted by atomic mass is 10.1. The molecule has 0 amide bonds. The summed E-state index contributed by atoms with van der Waals surface area (Å²) in [6, 6.07) is 8.33. The molecule has 3 aromatic rings. The lowest BCUT2D eigenvalue weighted by Gasteiger charge is -2.20. The first-order valence-corrected chi connectivity index (χ1v) is 10.5. The van der Waals surface area contributed by atoms with Crippen molar-refractivity contribution in [2.75, 3.05) is 26.2 Å². The van der Waals surface area contributed by atoms with Gasteiger partial charge < -0.3 is 4.57 Å². The van der Waals surface area contributed by atoms with Gasteiger partial charge in [0.2, 0.25) is 0 Å². The monoisotopic (exact) mass is 389 g/mol. The second-order valence-corrected chi connectivity index (χ2v) is 8.10. The van der Waals surface area contributed by atoms with Gasteiger partial charge in [-0.2, -0.15) is 0 Å². The van der Waals surface area contributed by atoms with E-state index in [2.05, 4.69) is 46.7 Å². The Morgan fingerprint density at radius 3 is 2.31 bits per heavy atom. The molecule has 0 bridgehead atoms. The minimum Gasteiger partial charge on any atom is -0.313 e. The highest BCUT2D eigenvalue weighted by atomic mass is 15.3. The third kappa shape index (κ3) is 4.21. The van der Waals surface area contributed by atoms with Crippen molar-refractivity contribution in [1.82, 2.24) is 34.5 Å². The summed E-state index contributed by atoms with van der Waals surface area (Å²) in [7, 11) is 0. The minimum absolute atomic E-state index is 0.470. The molecule has 5 heterocycles. The van der Waals surface area contributed by atoms with Crippen molar-refractivity contribution in [2.24, 2.45) is 0 Å². The van der Waals surface area contributed by atoms with E-state index in [0.29, 0.717) is 5.92 Å². The summed E-state index contributed by atoms with van der Waals surface area (Å²) < 4.78 is 2.39. The number of fused-ring (bicyclic) bond motifs is 1. The average molecular weight is 390 g/mol. The summed E-state index contributed by atoms with van der Waals surface area (Å²) in [5.74, 6) is 2.79. The van der Waals surface area contributed by atoms with Crippen molar-refractivity contribution >= 4 is 0 Å². The Kier molecular flexibility index (Phi) is 5.32. The Labute approximate surface area is 171 Å². The second kappa shape index (κ2) is 8.39. The maximum atomic E-state index is 4.62. The summed E-state index contributed by atoms with van der Waals surface area (Å²) in [4.78, 5) is 13.5. The van der Waals surface area contributed by atoms with Crippen LogP contribution in [0.4, 0.5) is 0 Å². The molecule has 0 aliphatic carbocycles. The van der Waals surface area contributed by atoms with Crippen molar-refractivity contribution in [3.8, 4) is 0 Å². The van der Waals surface area contributed by atoms with Crippen molar-refractivity contribution in [3.63, 3.8) is 0 Å². The van der Waals surface area contributed by atoms with Gasteiger partial charge in [-0.05, 0) is 36.2 Å². The molecule has 0 aromatic carbocycles. The van der Waals surface area contributed by atoms with E-state index < -0.39 is 0 Å². The van der Waals surface area contributed by atoms with Crippen molar-refractivity contribution in [1.29, 1.82) is 0 Å². The van der Waals surface area contributed by atoms with Crippen molar-refractivity contribution in [3.05, 3.63) is 71.8 Å². The van der Waals surface area contributed by atoms with Gasteiger partial charge in [0.25, 0.3) is 0 Å². The molecule has 2 aliphatic rings. The SMILES string of the molecule is c1cncc(CN2CCc3nnc(C4CCN(Cc5cccnc5)C4)n3CC2)c1. The second-order valence-electron chi connectivity index (χ2n) is 8.10. The number of hydrogen-bond acceptors (Lipinski definition) is 6. The zero-order chi connectivity index (χ0) is 19.5. The van der Waals surface area contributed by atoms with Crippen LogP contribution in [0.1, 0.15) is 35.1 Å². The highest BCUT2D eigenvalue weighted by molar-refractivity contribution is 5.12. The van der Waals surface area contributed by atoms with Crippen LogP contribution in [0.2, 0.25) is 0 Å². The van der Waals surface area contributed by atoms with Gasteiger partial charge in [-0.25, -0.2) is 0 Å². The molecule has 0 spiro atoms. The van der Waals surface area contributed by atoms with E-state index in [9.17, 15) is 0 Å². The Morgan fingerprint density at radius 2 is 1.59 bits per heavy atom. The molecule has 0 N–H and O–H groups in total. The maximum Gasteiger partial charge on any atom is 0.137 e. The van der Waals surface area contributed by atoms with Crippen LogP contribution in [-0.4, -0.2) is 60.7 Å². The Bertz CT molecular complexity index is 925. The number of hydrogen-bond donors (Lipinski definition) is 0. The lowest BCUT2D eigenvalue weighted by Crippen LogP contribution is -2.27. The van der Waals surface area contributed by atoms with E-state index in [4.69, 9.17) is 0 Å². The van der Waals surface area contributed by atoms with E-state index in [1.165, 1.54) is 17.0 Å². The van der Waals surface area contributed by atoms with Gasteiger partial charge in [0.15, 0.2) is 0 Å². The highest BCUT2D eigenvalue weighted by Crippen LogP contribution is 2.28. The van der Waals surface area contributed by atoms with Gasteiger partial charge in [-0.1, -0.05) is 12.1 Å². The molecular formula is C22H27N7. The van der Waals surface area contributed by atoms with E-state index in [1.54, 1.807) is 0 Å². The van der Waals surface area contributed by atoms with Crippen molar-refractivity contribution < 1.29 is 0 Å². The molecule has 1 saturated heterocycles. The first-order chi connectivity index (χ1) is 14.3. The third-order valence-electron chi connectivity index (χ3n) is 6.04. The fraction of sp³-hybridized carbons (Fsp3) is 0.455. The number of nitrogens with zero attached hydrogens (tertiary/aromatic N) is 7. The quantitative estimate of drug-likeness (QED) is 0.666. The van der Waals surface area contributed by atoms with Crippen LogP contribution in [0.25, 0.3) is 0 Å². The molecule has 150 valence electrons. The van der Waals surface area contributed by atoms with Crippen LogP contribution in [0.3, 0.4) is 0 Å². The Morgan fingerprint density at radius 1 is 0.828 bits per heavy atom. The van der Waals surface area contributed by atoms with Crippen LogP contribution >= 0.6 is 0 Å². The van der Waals surface area contributed by atoms with Crippen molar-refractivity contribution in [2.45, 2.75) is 38.4 Å². The largest absolute Gasteiger partial charge is 0.313 e. The molecule has 0 radical (unpaired) electrons. The van der Waals surface area contributed by atoms with E-state index in [0.717, 1.165) is 64.5 Å². The van der Waals surface area contributed by atoms with Gasteiger partial charge in [-0.3, -0.25) is 19.8 Å². The summed E-state index contributed by atoms with van der Waals surface area (Å²) in [6.45, 7) is 7.08. The van der Waals surface area contributed by atoms with Gasteiger partial charge >= 0.3 is 0 Å². The normalized spacial score (nSPS) is 20.5. The number of aromatic nitrogens is 5. The van der Waals surface area contributed by atoms with Gasteiger partial charge in [0.05, 0.1) is 0 Å². The predicted octanol–water partition coefficient (Wildman–Crippen LogP) is 2.12. The third-order valence-corrected chi connectivity index (χ3v) is 6.04.